The van der Waals surface area contributed by atoms with Crippen LogP contribution >= 0.6 is 15.9 Å². The average molecular weight is 335 g/mol. The minimum absolute atomic E-state index is 1.13. The molecule has 0 aliphatic carbocycles. The van der Waals surface area contributed by atoms with E-state index in [1.807, 2.05) is 17.1 Å². The Labute approximate surface area is 133 Å². The van der Waals surface area contributed by atoms with Gasteiger partial charge in [-0.1, -0.05) is 77.1 Å². The Morgan fingerprint density at radius 3 is 2.24 bits per heavy atom. The maximum absolute atomic E-state index is 3.87. The van der Waals surface area contributed by atoms with Gasteiger partial charge in [-0.3, -0.25) is 0 Å². The molecule has 0 aliphatic rings. The Balaban J connectivity index is 2.13. The summed E-state index contributed by atoms with van der Waals surface area (Å²) in [4.78, 5) is 1.87. The number of benzene rings is 3. The highest BCUT2D eigenvalue weighted by molar-refractivity contribution is 9.11. The van der Waals surface area contributed by atoms with E-state index in [0.717, 1.165) is 11.1 Å². The van der Waals surface area contributed by atoms with Gasteiger partial charge in [-0.05, 0) is 56.2 Å². The molecule has 0 N–H and O–H groups in total. The minimum atomic E-state index is 1.13. The van der Waals surface area contributed by atoms with Crippen LogP contribution in [0.1, 0.15) is 11.1 Å². The van der Waals surface area contributed by atoms with Crippen LogP contribution in [0.3, 0.4) is 0 Å². The maximum Gasteiger partial charge on any atom is -0.0173 e. The van der Waals surface area contributed by atoms with Crippen LogP contribution in [0.4, 0.5) is 0 Å². The molecule has 3 rings (SSSR count). The van der Waals surface area contributed by atoms with Gasteiger partial charge in [-0.25, -0.2) is 0 Å². The van der Waals surface area contributed by atoms with Crippen molar-refractivity contribution in [2.45, 2.75) is 0 Å². The van der Waals surface area contributed by atoms with E-state index in [2.05, 4.69) is 83.2 Å². The van der Waals surface area contributed by atoms with Gasteiger partial charge in [0.15, 0.2) is 0 Å². The molecule has 0 aromatic heterocycles. The molecule has 0 unspecified atom stereocenters. The number of halogens is 1. The molecule has 3 aromatic carbocycles. The average Bonchev–Trinajstić information content (AvgIpc) is 2.54. The molecule has 3 aromatic rings. The molecule has 0 amide bonds. The Morgan fingerprint density at radius 2 is 1.48 bits per heavy atom. The number of rotatable bonds is 3. The van der Waals surface area contributed by atoms with Gasteiger partial charge in [0.1, 0.15) is 0 Å². The van der Waals surface area contributed by atoms with Crippen LogP contribution < -0.4 is 0 Å². The predicted molar refractivity (Wildman–Crippen MR) is 97.4 cm³/mol. The summed E-state index contributed by atoms with van der Waals surface area (Å²) in [6.07, 6.45) is 3.92. The van der Waals surface area contributed by atoms with Gasteiger partial charge in [0, 0.05) is 0 Å². The van der Waals surface area contributed by atoms with Gasteiger partial charge < -0.3 is 0 Å². The second-order valence-corrected chi connectivity index (χ2v) is 5.43. The summed E-state index contributed by atoms with van der Waals surface area (Å²) in [5.41, 5.74) is 4.74. The Morgan fingerprint density at radius 1 is 0.762 bits per heavy atom. The maximum atomic E-state index is 3.87. The van der Waals surface area contributed by atoms with Gasteiger partial charge in [0.05, 0.1) is 0 Å². The Hall–Kier alpha value is -2.12. The quantitative estimate of drug-likeness (QED) is 0.511. The fraction of sp³-hybridized carbons (Fsp3) is 0. The second kappa shape index (κ2) is 6.11. The smallest absolute Gasteiger partial charge is 0.0173 e. The fourth-order valence-corrected chi connectivity index (χ4v) is 2.81. The summed E-state index contributed by atoms with van der Waals surface area (Å²) in [6.45, 7) is 3.87. The first kappa shape index (κ1) is 13.8. The third-order valence-electron chi connectivity index (χ3n) is 3.63. The third kappa shape index (κ3) is 2.84. The lowest BCUT2D eigenvalue weighted by Gasteiger charge is -2.08. The van der Waals surface area contributed by atoms with E-state index in [4.69, 9.17) is 0 Å². The van der Waals surface area contributed by atoms with Crippen molar-refractivity contribution in [2.75, 3.05) is 0 Å². The zero-order valence-electron chi connectivity index (χ0n) is 11.6. The first-order chi connectivity index (χ1) is 10.3. The topological polar surface area (TPSA) is 0 Å². The van der Waals surface area contributed by atoms with Crippen LogP contribution in [0.5, 0.6) is 0 Å². The lowest BCUT2D eigenvalue weighted by atomic mass is 9.97. The number of hydrogen-bond acceptors (Lipinski definition) is 0. The fourth-order valence-electron chi connectivity index (χ4n) is 2.52. The Kier molecular flexibility index (Phi) is 4.03. The van der Waals surface area contributed by atoms with Crippen molar-refractivity contribution < 1.29 is 0 Å². The summed E-state index contributed by atoms with van der Waals surface area (Å²) in [5, 5.41) is 2.53. The summed E-state index contributed by atoms with van der Waals surface area (Å²) in [5.74, 6) is 0. The van der Waals surface area contributed by atoms with Crippen LogP contribution in [0, 0.1) is 0 Å². The van der Waals surface area contributed by atoms with Crippen LogP contribution in [0.25, 0.3) is 34.1 Å². The molecule has 21 heavy (non-hydrogen) atoms. The standard InChI is InChI=1S/C20H15Br/c1-2-15-7-9-18(14-20(15)11-12-21)19-10-8-16-5-3-4-6-17(16)13-19/h2-14H,1H2/b12-11-. The minimum Gasteiger partial charge on any atom is -0.0984 e. The zero-order chi connectivity index (χ0) is 14.7. The van der Waals surface area contributed by atoms with Crippen molar-refractivity contribution in [1.82, 2.24) is 0 Å². The summed E-state index contributed by atoms with van der Waals surface area (Å²) >= 11 is 3.35. The lowest BCUT2D eigenvalue weighted by Crippen LogP contribution is -1.84. The SMILES string of the molecule is C=Cc1ccc(-c2ccc3ccccc3c2)cc1/C=C\Br. The molecular formula is C20H15Br. The highest BCUT2D eigenvalue weighted by Crippen LogP contribution is 2.27. The van der Waals surface area contributed by atoms with Crippen LogP contribution in [-0.4, -0.2) is 0 Å². The normalized spacial score (nSPS) is 11.1. The summed E-state index contributed by atoms with van der Waals surface area (Å²) in [6, 6.07) is 21.5. The second-order valence-electron chi connectivity index (χ2n) is 4.90. The zero-order valence-corrected chi connectivity index (χ0v) is 13.2. The summed E-state index contributed by atoms with van der Waals surface area (Å²) < 4.78 is 0. The third-order valence-corrected chi connectivity index (χ3v) is 3.90. The van der Waals surface area contributed by atoms with E-state index in [0.29, 0.717) is 0 Å². The lowest BCUT2D eigenvalue weighted by molar-refractivity contribution is 1.59. The van der Waals surface area contributed by atoms with Crippen molar-refractivity contribution in [2.24, 2.45) is 0 Å². The largest absolute Gasteiger partial charge is 0.0984 e. The molecule has 0 heterocycles. The highest BCUT2D eigenvalue weighted by Gasteiger charge is 2.03. The molecule has 102 valence electrons. The number of fused-ring (bicyclic) bond motifs is 1. The van der Waals surface area contributed by atoms with E-state index in [9.17, 15) is 0 Å². The van der Waals surface area contributed by atoms with E-state index in [1.165, 1.54) is 21.9 Å². The molecule has 1 heteroatoms. The molecule has 0 radical (unpaired) electrons. The van der Waals surface area contributed by atoms with Crippen molar-refractivity contribution in [3.63, 3.8) is 0 Å². The van der Waals surface area contributed by atoms with Gasteiger partial charge in [-0.15, -0.1) is 0 Å². The van der Waals surface area contributed by atoms with E-state index >= 15 is 0 Å². The van der Waals surface area contributed by atoms with Gasteiger partial charge in [0.2, 0.25) is 0 Å². The molecule has 0 atom stereocenters. The first-order valence-corrected chi connectivity index (χ1v) is 7.76. The molecule has 0 aliphatic heterocycles. The van der Waals surface area contributed by atoms with Crippen LogP contribution in [-0.2, 0) is 0 Å². The highest BCUT2D eigenvalue weighted by atomic mass is 79.9. The molecule has 0 saturated carbocycles. The van der Waals surface area contributed by atoms with Crippen LogP contribution in [0.15, 0.2) is 72.2 Å². The van der Waals surface area contributed by atoms with Crippen molar-refractivity contribution in [1.29, 1.82) is 0 Å². The van der Waals surface area contributed by atoms with Gasteiger partial charge in [0.25, 0.3) is 0 Å². The Bertz CT molecular complexity index is 828. The molecule has 0 saturated heterocycles. The van der Waals surface area contributed by atoms with E-state index < -0.39 is 0 Å². The van der Waals surface area contributed by atoms with Gasteiger partial charge in [-0.2, -0.15) is 0 Å². The van der Waals surface area contributed by atoms with E-state index in [-0.39, 0.29) is 0 Å². The summed E-state index contributed by atoms with van der Waals surface area (Å²) in [7, 11) is 0. The molecule has 0 nitrogen and oxygen atoms in total. The molecule has 0 spiro atoms. The van der Waals surface area contributed by atoms with Crippen LogP contribution in [0.2, 0.25) is 0 Å². The molecule has 0 fully saturated rings. The van der Waals surface area contributed by atoms with Gasteiger partial charge >= 0.3 is 0 Å². The van der Waals surface area contributed by atoms with Crippen molar-refractivity contribution in [3.05, 3.63) is 83.4 Å². The number of hydrogen-bond donors (Lipinski definition) is 0. The van der Waals surface area contributed by atoms with E-state index in [1.54, 1.807) is 0 Å². The molecular weight excluding hydrogens is 320 g/mol. The predicted octanol–water partition coefficient (Wildman–Crippen LogP) is 6.52. The van der Waals surface area contributed by atoms with Crippen molar-refractivity contribution >= 4 is 38.9 Å². The molecule has 0 bridgehead atoms. The van der Waals surface area contributed by atoms with Crippen molar-refractivity contribution in [3.8, 4) is 11.1 Å². The monoisotopic (exact) mass is 334 g/mol. The first-order valence-electron chi connectivity index (χ1n) is 6.84.